The molecule has 1 aliphatic heterocycles. The molecule has 7 nitrogen and oxygen atoms in total. The number of halogens is 2. The summed E-state index contributed by atoms with van der Waals surface area (Å²) in [6.07, 6.45) is 2.29. The van der Waals surface area contributed by atoms with Gasteiger partial charge in [0.1, 0.15) is 0 Å². The lowest BCUT2D eigenvalue weighted by Gasteiger charge is -2.27. The Morgan fingerprint density at radius 2 is 1.59 bits per heavy atom. The Labute approximate surface area is 195 Å². The summed E-state index contributed by atoms with van der Waals surface area (Å²) in [6, 6.07) is 7.42. The van der Waals surface area contributed by atoms with Gasteiger partial charge in [0.05, 0.1) is 34.9 Å². The van der Waals surface area contributed by atoms with E-state index in [4.69, 9.17) is 33.0 Å². The number of nitrogens with zero attached hydrogens (tertiary/aromatic N) is 1. The number of benzene rings is 2. The van der Waals surface area contributed by atoms with Crippen molar-refractivity contribution >= 4 is 41.0 Å². The zero-order chi connectivity index (χ0) is 23.3. The molecule has 0 saturated carbocycles. The molecule has 2 aromatic carbocycles. The number of hydrogen-bond donors (Lipinski definition) is 2. The number of amides is 1. The first-order chi connectivity index (χ1) is 15.3. The minimum Gasteiger partial charge on any atom is -0.478 e. The summed E-state index contributed by atoms with van der Waals surface area (Å²) in [6.45, 7) is 2.02. The molecule has 1 saturated heterocycles. The van der Waals surface area contributed by atoms with E-state index in [1.165, 1.54) is 18.2 Å². The Balaban J connectivity index is 1.67. The fourth-order valence-electron chi connectivity index (χ4n) is 3.67. The van der Waals surface area contributed by atoms with Crippen LogP contribution in [-0.2, 0) is 17.6 Å². The molecule has 0 aliphatic carbocycles. The van der Waals surface area contributed by atoms with Gasteiger partial charge in [-0.25, -0.2) is 9.59 Å². The Bertz CT molecular complexity index is 1030. The molecule has 0 spiro atoms. The smallest absolute Gasteiger partial charge is 0.335 e. The summed E-state index contributed by atoms with van der Waals surface area (Å²) in [7, 11) is 0. The van der Waals surface area contributed by atoms with Gasteiger partial charge in [0, 0.05) is 18.1 Å². The third kappa shape index (κ3) is 5.59. The molecule has 170 valence electrons. The number of rotatable bonds is 8. The monoisotopic (exact) mass is 479 g/mol. The Hall–Kier alpha value is -2.61. The number of hydrogen-bond acceptors (Lipinski definition) is 4. The van der Waals surface area contributed by atoms with Crippen LogP contribution in [0.4, 0.5) is 0 Å². The van der Waals surface area contributed by atoms with Crippen molar-refractivity contribution in [1.82, 2.24) is 4.90 Å². The summed E-state index contributed by atoms with van der Waals surface area (Å²) in [5.74, 6) is -2.49. The second kappa shape index (κ2) is 10.8. The van der Waals surface area contributed by atoms with Crippen molar-refractivity contribution in [2.75, 3.05) is 26.3 Å². The predicted molar refractivity (Wildman–Crippen MR) is 120 cm³/mol. The van der Waals surface area contributed by atoms with Gasteiger partial charge in [-0.2, -0.15) is 0 Å². The third-order valence-electron chi connectivity index (χ3n) is 5.42. The molecular formula is C23H23Cl2NO6. The van der Waals surface area contributed by atoms with Gasteiger partial charge in [0.2, 0.25) is 0 Å². The van der Waals surface area contributed by atoms with Crippen LogP contribution in [0, 0.1) is 0 Å². The van der Waals surface area contributed by atoms with Crippen LogP contribution in [0.3, 0.4) is 0 Å². The molecule has 1 aliphatic rings. The van der Waals surface area contributed by atoms with Crippen LogP contribution >= 0.6 is 23.2 Å². The van der Waals surface area contributed by atoms with E-state index in [-0.39, 0.29) is 17.0 Å². The standard InChI is InChI=1S/C23H23Cl2NO6/c24-19-8-7-17(21(27)26-9-11-32-12-10-26)20(25)16(19)4-2-1-3-14-5-6-15(22(28)29)13-18(14)23(30)31/h5-8,13H,1-4,9-12H2,(H,28,29)(H,30,31). The van der Waals surface area contributed by atoms with Gasteiger partial charge in [0.15, 0.2) is 0 Å². The molecule has 3 rings (SSSR count). The number of carboxylic acid groups (broad SMARTS) is 2. The number of carboxylic acids is 2. The molecule has 2 aromatic rings. The van der Waals surface area contributed by atoms with E-state index in [9.17, 15) is 19.5 Å². The van der Waals surface area contributed by atoms with Gasteiger partial charge in [-0.05, 0) is 61.1 Å². The zero-order valence-electron chi connectivity index (χ0n) is 17.3. The molecule has 1 heterocycles. The fourth-order valence-corrected chi connectivity index (χ4v) is 4.31. The first kappa shape index (κ1) is 24.0. The van der Waals surface area contributed by atoms with Crippen LogP contribution < -0.4 is 0 Å². The molecule has 1 amide bonds. The molecule has 0 unspecified atom stereocenters. The van der Waals surface area contributed by atoms with Crippen LogP contribution in [0.2, 0.25) is 10.0 Å². The lowest BCUT2D eigenvalue weighted by molar-refractivity contribution is 0.0303. The van der Waals surface area contributed by atoms with Crippen molar-refractivity contribution in [1.29, 1.82) is 0 Å². The first-order valence-corrected chi connectivity index (χ1v) is 11.0. The normalized spacial score (nSPS) is 13.8. The molecule has 2 N–H and O–H groups in total. The van der Waals surface area contributed by atoms with Crippen molar-refractivity contribution in [3.05, 3.63) is 68.2 Å². The Morgan fingerprint density at radius 1 is 0.906 bits per heavy atom. The van der Waals surface area contributed by atoms with Crippen LogP contribution in [0.25, 0.3) is 0 Å². The average Bonchev–Trinajstić information content (AvgIpc) is 2.78. The van der Waals surface area contributed by atoms with Crippen molar-refractivity contribution in [2.45, 2.75) is 25.7 Å². The largest absolute Gasteiger partial charge is 0.478 e. The summed E-state index contributed by atoms with van der Waals surface area (Å²) >= 11 is 12.9. The summed E-state index contributed by atoms with van der Waals surface area (Å²) in [5.41, 5.74) is 1.58. The number of carbonyl (C=O) groups excluding carboxylic acids is 1. The number of unbranched alkanes of at least 4 members (excludes halogenated alkanes) is 1. The highest BCUT2D eigenvalue weighted by molar-refractivity contribution is 6.38. The summed E-state index contributed by atoms with van der Waals surface area (Å²) in [5, 5.41) is 19.3. The maximum atomic E-state index is 12.8. The number of ether oxygens (including phenoxy) is 1. The van der Waals surface area contributed by atoms with Gasteiger partial charge in [-0.3, -0.25) is 4.79 Å². The van der Waals surface area contributed by atoms with Gasteiger partial charge in [-0.15, -0.1) is 0 Å². The van der Waals surface area contributed by atoms with Gasteiger partial charge in [0.25, 0.3) is 5.91 Å². The number of morpholine rings is 1. The van der Waals surface area contributed by atoms with Crippen molar-refractivity contribution in [2.24, 2.45) is 0 Å². The maximum Gasteiger partial charge on any atom is 0.335 e. The van der Waals surface area contributed by atoms with Crippen LogP contribution in [0.15, 0.2) is 30.3 Å². The third-order valence-corrected chi connectivity index (χ3v) is 6.21. The van der Waals surface area contributed by atoms with E-state index in [1.54, 1.807) is 17.0 Å². The van der Waals surface area contributed by atoms with E-state index in [2.05, 4.69) is 0 Å². The Kier molecular flexibility index (Phi) is 8.12. The highest BCUT2D eigenvalue weighted by Gasteiger charge is 2.23. The van der Waals surface area contributed by atoms with Crippen molar-refractivity contribution < 1.29 is 29.3 Å². The minimum absolute atomic E-state index is 0.0148. The summed E-state index contributed by atoms with van der Waals surface area (Å²) < 4.78 is 5.29. The number of carbonyl (C=O) groups is 3. The van der Waals surface area contributed by atoms with E-state index in [1.807, 2.05) is 0 Å². The van der Waals surface area contributed by atoms with Crippen molar-refractivity contribution in [3.63, 3.8) is 0 Å². The molecule has 0 bridgehead atoms. The van der Waals surface area contributed by atoms with Crippen LogP contribution in [-0.4, -0.2) is 59.3 Å². The quantitative estimate of drug-likeness (QED) is 0.542. The number of aryl methyl sites for hydroxylation is 1. The highest BCUT2D eigenvalue weighted by Crippen LogP contribution is 2.31. The maximum absolute atomic E-state index is 12.8. The molecule has 32 heavy (non-hydrogen) atoms. The van der Waals surface area contributed by atoms with Gasteiger partial charge in [-0.1, -0.05) is 29.3 Å². The lowest BCUT2D eigenvalue weighted by atomic mass is 9.97. The Morgan fingerprint density at radius 3 is 2.25 bits per heavy atom. The summed E-state index contributed by atoms with van der Waals surface area (Å²) in [4.78, 5) is 37.1. The van der Waals surface area contributed by atoms with Gasteiger partial charge < -0.3 is 19.8 Å². The fraction of sp³-hybridized carbons (Fsp3) is 0.348. The molecular weight excluding hydrogens is 457 g/mol. The second-order valence-electron chi connectivity index (χ2n) is 7.48. The van der Waals surface area contributed by atoms with Crippen molar-refractivity contribution in [3.8, 4) is 0 Å². The second-order valence-corrected chi connectivity index (χ2v) is 8.27. The lowest BCUT2D eigenvalue weighted by Crippen LogP contribution is -2.40. The molecule has 0 radical (unpaired) electrons. The molecule has 0 aromatic heterocycles. The van der Waals surface area contributed by atoms with E-state index in [0.717, 1.165) is 0 Å². The SMILES string of the molecule is O=C(O)c1ccc(CCCCc2c(Cl)ccc(C(=O)N3CCOCC3)c2Cl)c(C(=O)O)c1. The van der Waals surface area contributed by atoms with Gasteiger partial charge >= 0.3 is 11.9 Å². The number of aromatic carboxylic acids is 2. The van der Waals surface area contributed by atoms with E-state index >= 15 is 0 Å². The van der Waals surface area contributed by atoms with Crippen LogP contribution in [0.5, 0.6) is 0 Å². The minimum atomic E-state index is -1.17. The molecule has 9 heteroatoms. The van der Waals surface area contributed by atoms with E-state index < -0.39 is 11.9 Å². The average molecular weight is 480 g/mol. The molecule has 1 fully saturated rings. The molecule has 0 atom stereocenters. The highest BCUT2D eigenvalue weighted by atomic mass is 35.5. The zero-order valence-corrected chi connectivity index (χ0v) is 18.8. The van der Waals surface area contributed by atoms with Crippen LogP contribution in [0.1, 0.15) is 55.0 Å². The predicted octanol–water partition coefficient (Wildman–Crippen LogP) is 4.43. The van der Waals surface area contributed by atoms with E-state index in [0.29, 0.717) is 78.7 Å². The topological polar surface area (TPSA) is 104 Å². The first-order valence-electron chi connectivity index (χ1n) is 10.2.